The molecular formula is C36H46FN3O9S2. The summed E-state index contributed by atoms with van der Waals surface area (Å²) in [4.78, 5) is 0.106. The van der Waals surface area contributed by atoms with E-state index in [9.17, 15) is 31.4 Å². The first kappa shape index (κ1) is 37.6. The second-order valence-corrected chi connectivity index (χ2v) is 17.8. The molecule has 1 saturated carbocycles. The van der Waals surface area contributed by atoms with Crippen molar-refractivity contribution in [1.82, 2.24) is 9.62 Å². The number of piperidine rings is 1. The van der Waals surface area contributed by atoms with Crippen LogP contribution in [0.2, 0.25) is 0 Å². The zero-order valence-electron chi connectivity index (χ0n) is 28.6. The molecule has 278 valence electrons. The van der Waals surface area contributed by atoms with Crippen molar-refractivity contribution in [2.45, 2.75) is 77.9 Å². The van der Waals surface area contributed by atoms with Crippen molar-refractivity contribution < 1.29 is 45.6 Å². The summed E-state index contributed by atoms with van der Waals surface area (Å²) >= 11 is 0. The van der Waals surface area contributed by atoms with Crippen LogP contribution in [0.25, 0.3) is 11.1 Å². The highest BCUT2D eigenvalue weighted by molar-refractivity contribution is 7.93. The van der Waals surface area contributed by atoms with Gasteiger partial charge in [0.2, 0.25) is 10.0 Å². The molecule has 12 nitrogen and oxygen atoms in total. The number of sulfonamides is 1. The van der Waals surface area contributed by atoms with Gasteiger partial charge in [0.25, 0.3) is 0 Å². The minimum atomic E-state index is -3.96. The molecule has 2 heterocycles. The molecule has 0 bridgehead atoms. The van der Waals surface area contributed by atoms with Gasteiger partial charge in [-0.25, -0.2) is 21.2 Å². The summed E-state index contributed by atoms with van der Waals surface area (Å²) in [6.07, 6.45) is 1.58. The lowest BCUT2D eigenvalue weighted by molar-refractivity contribution is -0.0312. The van der Waals surface area contributed by atoms with E-state index >= 15 is 0 Å². The van der Waals surface area contributed by atoms with Gasteiger partial charge in [0.1, 0.15) is 34.9 Å². The lowest BCUT2D eigenvalue weighted by Gasteiger charge is -2.38. The molecule has 0 radical (unpaired) electrons. The van der Waals surface area contributed by atoms with Crippen LogP contribution in [-0.4, -0.2) is 99.9 Å². The number of sulfone groups is 1. The first-order chi connectivity index (χ1) is 24.3. The van der Waals surface area contributed by atoms with Gasteiger partial charge in [0, 0.05) is 37.8 Å². The quantitative estimate of drug-likeness (QED) is 0.180. The highest BCUT2D eigenvalue weighted by Gasteiger charge is 2.54. The third-order valence-electron chi connectivity index (χ3n) is 10.2. The Kier molecular flexibility index (Phi) is 11.1. The molecule has 15 heteroatoms. The average Bonchev–Trinajstić information content (AvgIpc) is 3.86. The predicted molar refractivity (Wildman–Crippen MR) is 188 cm³/mol. The Bertz CT molecular complexity index is 1930. The third-order valence-corrected chi connectivity index (χ3v) is 14.6. The SMILES string of the molecule is CCOc1ccc(-c2ccc(CN)c(F)c2)cc1S(=O)(=O)N1CCC2(CC1)C[C@@H](NCC(O)COc1cccc(S(=O)(=O)C3(CO)CC3)c1)CO2. The van der Waals surface area contributed by atoms with E-state index < -0.39 is 48.7 Å². The van der Waals surface area contributed by atoms with Crippen LogP contribution in [0.4, 0.5) is 4.39 Å². The van der Waals surface area contributed by atoms with Crippen molar-refractivity contribution in [1.29, 1.82) is 0 Å². The van der Waals surface area contributed by atoms with Crippen molar-refractivity contribution in [3.05, 3.63) is 72.0 Å². The van der Waals surface area contributed by atoms with Gasteiger partial charge in [0.05, 0.1) is 35.1 Å². The van der Waals surface area contributed by atoms with Crippen LogP contribution in [0.15, 0.2) is 70.5 Å². The highest BCUT2D eigenvalue weighted by atomic mass is 32.2. The molecular weight excluding hydrogens is 702 g/mol. The molecule has 3 aromatic rings. The molecule has 2 aliphatic heterocycles. The number of halogens is 1. The van der Waals surface area contributed by atoms with Crippen molar-refractivity contribution in [2.75, 3.05) is 46.1 Å². The zero-order valence-corrected chi connectivity index (χ0v) is 30.2. The number of hydrogen-bond donors (Lipinski definition) is 4. The fourth-order valence-electron chi connectivity index (χ4n) is 6.84. The second-order valence-electron chi connectivity index (χ2n) is 13.6. The summed E-state index contributed by atoms with van der Waals surface area (Å²) in [7, 11) is -7.66. The highest BCUT2D eigenvalue weighted by Crippen LogP contribution is 2.46. The van der Waals surface area contributed by atoms with Crippen molar-refractivity contribution in [2.24, 2.45) is 5.73 Å². The molecule has 2 atom stereocenters. The van der Waals surface area contributed by atoms with Crippen LogP contribution in [-0.2, 0) is 31.1 Å². The lowest BCUT2D eigenvalue weighted by Crippen LogP contribution is -2.47. The van der Waals surface area contributed by atoms with Crippen LogP contribution in [0.1, 0.15) is 44.6 Å². The van der Waals surface area contributed by atoms with Gasteiger partial charge in [-0.1, -0.05) is 24.3 Å². The fraction of sp³-hybridized carbons (Fsp3) is 0.500. The third kappa shape index (κ3) is 7.81. The number of aliphatic hydroxyl groups is 2. The van der Waals surface area contributed by atoms with Gasteiger partial charge < -0.3 is 35.5 Å². The van der Waals surface area contributed by atoms with E-state index in [0.717, 1.165) is 0 Å². The largest absolute Gasteiger partial charge is 0.492 e. The van der Waals surface area contributed by atoms with Gasteiger partial charge >= 0.3 is 0 Å². The smallest absolute Gasteiger partial charge is 0.246 e. The van der Waals surface area contributed by atoms with Crippen molar-refractivity contribution in [3.63, 3.8) is 0 Å². The Morgan fingerprint density at radius 2 is 1.75 bits per heavy atom. The van der Waals surface area contributed by atoms with E-state index in [1.807, 2.05) is 0 Å². The molecule has 6 rings (SSSR count). The van der Waals surface area contributed by atoms with Crippen LogP contribution < -0.4 is 20.5 Å². The van der Waals surface area contributed by atoms with E-state index in [4.69, 9.17) is 19.9 Å². The number of nitrogens with zero attached hydrogens (tertiary/aromatic N) is 1. The maximum atomic E-state index is 14.5. The van der Waals surface area contributed by atoms with E-state index in [2.05, 4.69) is 5.32 Å². The first-order valence-electron chi connectivity index (χ1n) is 17.2. The molecule has 5 N–H and O–H groups in total. The Morgan fingerprint density at radius 3 is 2.41 bits per heavy atom. The van der Waals surface area contributed by atoms with Crippen LogP contribution in [0.3, 0.4) is 0 Å². The number of rotatable bonds is 15. The molecule has 51 heavy (non-hydrogen) atoms. The van der Waals surface area contributed by atoms with Gasteiger partial charge in [0.15, 0.2) is 9.84 Å². The molecule has 1 aliphatic carbocycles. The summed E-state index contributed by atoms with van der Waals surface area (Å²) in [5.41, 5.74) is 6.54. The maximum Gasteiger partial charge on any atom is 0.246 e. The zero-order chi connectivity index (χ0) is 36.4. The topological polar surface area (TPSA) is 178 Å². The maximum absolute atomic E-state index is 14.5. The Hall–Kier alpha value is -3.15. The summed E-state index contributed by atoms with van der Waals surface area (Å²) in [5.74, 6) is 0.0866. The number of aliphatic hydroxyl groups excluding tert-OH is 2. The van der Waals surface area contributed by atoms with Gasteiger partial charge in [-0.15, -0.1) is 0 Å². The van der Waals surface area contributed by atoms with Gasteiger partial charge in [-0.3, -0.25) is 0 Å². The monoisotopic (exact) mass is 747 g/mol. The van der Waals surface area contributed by atoms with E-state index in [-0.39, 0.29) is 61.0 Å². The number of ether oxygens (including phenoxy) is 3. The first-order valence-corrected chi connectivity index (χ1v) is 20.2. The molecule has 0 amide bonds. The van der Waals surface area contributed by atoms with Gasteiger partial charge in [-0.05, 0) is 86.6 Å². The molecule has 0 aromatic heterocycles. The average molecular weight is 748 g/mol. The summed E-state index contributed by atoms with van der Waals surface area (Å²) in [5, 5.41) is 23.5. The van der Waals surface area contributed by atoms with Crippen molar-refractivity contribution >= 4 is 19.9 Å². The molecule has 3 aliphatic rings. The Morgan fingerprint density at radius 1 is 1.02 bits per heavy atom. The fourth-order valence-corrected chi connectivity index (χ4v) is 10.3. The predicted octanol–water partition coefficient (Wildman–Crippen LogP) is 2.99. The summed E-state index contributed by atoms with van der Waals surface area (Å²) < 4.78 is 86.4. The minimum absolute atomic E-state index is 0.0227. The van der Waals surface area contributed by atoms with Crippen LogP contribution in [0, 0.1) is 5.82 Å². The molecule has 3 aromatic carbocycles. The van der Waals surface area contributed by atoms with E-state index in [0.29, 0.717) is 61.2 Å². The van der Waals surface area contributed by atoms with E-state index in [1.54, 1.807) is 43.3 Å². The number of nitrogens with one attached hydrogen (secondary N) is 1. The minimum Gasteiger partial charge on any atom is -0.492 e. The Labute approximate surface area is 298 Å². The van der Waals surface area contributed by atoms with E-state index in [1.165, 1.54) is 28.6 Å². The molecule has 1 unspecified atom stereocenters. The van der Waals surface area contributed by atoms with Crippen LogP contribution in [0.5, 0.6) is 11.5 Å². The normalized spacial score (nSPS) is 20.7. The van der Waals surface area contributed by atoms with Crippen molar-refractivity contribution in [3.8, 4) is 22.6 Å². The number of hydrogen-bond acceptors (Lipinski definition) is 11. The Balaban J connectivity index is 1.02. The lowest BCUT2D eigenvalue weighted by atomic mass is 9.88. The molecule has 3 fully saturated rings. The number of nitrogens with two attached hydrogens (primary N) is 1. The summed E-state index contributed by atoms with van der Waals surface area (Å²) in [6.45, 7) is 2.74. The molecule has 2 saturated heterocycles. The molecule has 1 spiro atoms. The standard InChI is InChI=1S/C36H46FN3O9S2/c1-2-47-33-9-8-26(25-6-7-27(20-38)32(37)16-25)17-34(33)51(45,46)40-14-12-35(13-15-40)19-28(22-49-35)39-21-29(42)23-48-30-4-3-5-31(18-30)50(43,44)36(24-41)10-11-36/h3-9,16-18,28-29,39,41-42H,2,10-15,19-24,38H2,1H3/t28-,29?/m1/s1. The number of benzene rings is 3. The summed E-state index contributed by atoms with van der Waals surface area (Å²) in [6, 6.07) is 15.5. The van der Waals surface area contributed by atoms with Crippen LogP contribution >= 0.6 is 0 Å². The second kappa shape index (κ2) is 15.1. The van der Waals surface area contributed by atoms with Gasteiger partial charge in [-0.2, -0.15) is 4.31 Å².